The van der Waals surface area contributed by atoms with Gasteiger partial charge in [0.2, 0.25) is 5.28 Å². The number of anilines is 1. The molecule has 0 aliphatic rings. The number of fused-ring (bicyclic) bond motifs is 1. The number of nitrogen functional groups attached to an aromatic ring is 1. The zero-order chi connectivity index (χ0) is 12.5. The molecule has 90 valence electrons. The van der Waals surface area contributed by atoms with Crippen LogP contribution in [-0.2, 0) is 0 Å². The van der Waals surface area contributed by atoms with Crippen molar-refractivity contribution in [3.05, 3.63) is 35.7 Å². The lowest BCUT2D eigenvalue weighted by molar-refractivity contribution is 1.03. The molecule has 0 saturated carbocycles. The molecular weight excluding hydrogens is 270 g/mol. The first-order valence-electron chi connectivity index (χ1n) is 5.13. The number of imidazole rings is 1. The van der Waals surface area contributed by atoms with Gasteiger partial charge >= 0.3 is 0 Å². The number of hydrogen-bond acceptors (Lipinski definition) is 5. The Balaban J connectivity index is 1.98. The molecule has 18 heavy (non-hydrogen) atoms. The molecule has 3 N–H and O–H groups in total. The van der Waals surface area contributed by atoms with Crippen molar-refractivity contribution in [2.45, 2.75) is 10.2 Å². The van der Waals surface area contributed by atoms with Crippen molar-refractivity contribution >= 4 is 40.1 Å². The summed E-state index contributed by atoms with van der Waals surface area (Å²) in [6.45, 7) is 0. The lowest BCUT2D eigenvalue weighted by Crippen LogP contribution is -1.94. The number of aromatic nitrogens is 4. The lowest BCUT2D eigenvalue weighted by Gasteiger charge is -2.00. The Morgan fingerprint density at radius 1 is 1.22 bits per heavy atom. The number of nitrogens with zero attached hydrogens (tertiary/aromatic N) is 3. The molecule has 0 unspecified atom stereocenters. The third-order valence-electron chi connectivity index (χ3n) is 2.31. The van der Waals surface area contributed by atoms with Crippen LogP contribution in [0.25, 0.3) is 11.0 Å². The average Bonchev–Trinajstić information content (AvgIpc) is 2.76. The van der Waals surface area contributed by atoms with Crippen molar-refractivity contribution < 1.29 is 0 Å². The molecule has 3 aromatic rings. The highest BCUT2D eigenvalue weighted by molar-refractivity contribution is 7.99. The predicted molar refractivity (Wildman–Crippen MR) is 71.7 cm³/mol. The lowest BCUT2D eigenvalue weighted by atomic mass is 10.3. The fraction of sp³-hybridized carbons (Fsp3) is 0. The number of halogens is 1. The molecule has 0 aliphatic carbocycles. The van der Waals surface area contributed by atoms with E-state index in [2.05, 4.69) is 19.9 Å². The first-order valence-corrected chi connectivity index (χ1v) is 6.32. The maximum absolute atomic E-state index is 5.79. The Labute approximate surface area is 112 Å². The van der Waals surface area contributed by atoms with Crippen LogP contribution < -0.4 is 5.73 Å². The number of rotatable bonds is 2. The standard InChI is InChI=1S/C11H8ClN5S/c12-10-14-5-6(13)9(17-10)18-11-15-7-3-1-2-4-8(7)16-11/h1-5H,13H2,(H,15,16). The fourth-order valence-corrected chi connectivity index (χ4v) is 2.48. The monoisotopic (exact) mass is 277 g/mol. The minimum absolute atomic E-state index is 0.169. The van der Waals surface area contributed by atoms with E-state index in [0.29, 0.717) is 10.7 Å². The minimum atomic E-state index is 0.169. The van der Waals surface area contributed by atoms with Crippen LogP contribution in [0.1, 0.15) is 0 Å². The molecule has 0 spiro atoms. The molecule has 2 heterocycles. The highest BCUT2D eigenvalue weighted by Crippen LogP contribution is 2.29. The van der Waals surface area contributed by atoms with Crippen LogP contribution in [0, 0.1) is 0 Å². The highest BCUT2D eigenvalue weighted by atomic mass is 35.5. The van der Waals surface area contributed by atoms with E-state index in [9.17, 15) is 0 Å². The molecule has 5 nitrogen and oxygen atoms in total. The summed E-state index contributed by atoms with van der Waals surface area (Å²) in [6.07, 6.45) is 1.49. The van der Waals surface area contributed by atoms with Gasteiger partial charge in [0.05, 0.1) is 22.9 Å². The quantitative estimate of drug-likeness (QED) is 0.556. The van der Waals surface area contributed by atoms with Crippen LogP contribution in [0.5, 0.6) is 0 Å². The Morgan fingerprint density at radius 3 is 2.89 bits per heavy atom. The fourth-order valence-electron chi connectivity index (χ4n) is 1.51. The molecule has 0 bridgehead atoms. The number of H-pyrrole nitrogens is 1. The maximum atomic E-state index is 5.79. The van der Waals surface area contributed by atoms with Crippen molar-refractivity contribution in [1.29, 1.82) is 0 Å². The van der Waals surface area contributed by atoms with Gasteiger partial charge in [0.15, 0.2) is 5.16 Å². The van der Waals surface area contributed by atoms with Crippen LogP contribution in [0.15, 0.2) is 40.6 Å². The van der Waals surface area contributed by atoms with Gasteiger partial charge in [-0.2, -0.15) is 0 Å². The minimum Gasteiger partial charge on any atom is -0.395 e. The molecule has 7 heteroatoms. The summed E-state index contributed by atoms with van der Waals surface area (Å²) >= 11 is 7.07. The van der Waals surface area contributed by atoms with Gasteiger partial charge in [-0.3, -0.25) is 0 Å². The molecule has 0 radical (unpaired) electrons. The van der Waals surface area contributed by atoms with E-state index in [4.69, 9.17) is 17.3 Å². The van der Waals surface area contributed by atoms with Gasteiger partial charge in [-0.05, 0) is 35.5 Å². The van der Waals surface area contributed by atoms with Crippen molar-refractivity contribution in [3.63, 3.8) is 0 Å². The van der Waals surface area contributed by atoms with E-state index in [0.717, 1.165) is 16.2 Å². The third kappa shape index (κ3) is 2.12. The molecule has 3 rings (SSSR count). The normalized spacial score (nSPS) is 10.9. The molecule has 0 aliphatic heterocycles. The Hall–Kier alpha value is -1.79. The van der Waals surface area contributed by atoms with Crippen molar-refractivity contribution in [3.8, 4) is 0 Å². The summed E-state index contributed by atoms with van der Waals surface area (Å²) < 4.78 is 0. The Kier molecular flexibility index (Phi) is 2.81. The van der Waals surface area contributed by atoms with E-state index < -0.39 is 0 Å². The molecule has 2 aromatic heterocycles. The molecular formula is C11H8ClN5S. The molecule has 0 atom stereocenters. The summed E-state index contributed by atoms with van der Waals surface area (Å²) in [5.74, 6) is 0. The number of benzene rings is 1. The molecule has 0 saturated heterocycles. The van der Waals surface area contributed by atoms with Crippen molar-refractivity contribution in [2.24, 2.45) is 0 Å². The molecule has 0 fully saturated rings. The summed E-state index contributed by atoms with van der Waals surface area (Å²) in [7, 11) is 0. The van der Waals surface area contributed by atoms with E-state index in [1.54, 1.807) is 0 Å². The Morgan fingerprint density at radius 2 is 2.06 bits per heavy atom. The maximum Gasteiger partial charge on any atom is 0.223 e. The first-order chi connectivity index (χ1) is 8.72. The zero-order valence-corrected chi connectivity index (χ0v) is 10.7. The second kappa shape index (κ2) is 4.47. The summed E-state index contributed by atoms with van der Waals surface area (Å²) in [5.41, 5.74) is 8.13. The zero-order valence-electron chi connectivity index (χ0n) is 9.09. The molecule has 0 amide bonds. The van der Waals surface area contributed by atoms with Gasteiger partial charge in [-0.25, -0.2) is 15.0 Å². The van der Waals surface area contributed by atoms with E-state index in [-0.39, 0.29) is 5.28 Å². The van der Waals surface area contributed by atoms with Crippen LogP contribution in [0.4, 0.5) is 5.69 Å². The average molecular weight is 278 g/mol. The number of hydrogen-bond donors (Lipinski definition) is 2. The van der Waals surface area contributed by atoms with E-state index >= 15 is 0 Å². The van der Waals surface area contributed by atoms with Crippen molar-refractivity contribution in [1.82, 2.24) is 19.9 Å². The van der Waals surface area contributed by atoms with E-state index in [1.807, 2.05) is 24.3 Å². The number of aromatic amines is 1. The topological polar surface area (TPSA) is 80.5 Å². The second-order valence-electron chi connectivity index (χ2n) is 3.56. The number of nitrogens with one attached hydrogen (secondary N) is 1. The summed E-state index contributed by atoms with van der Waals surface area (Å²) in [4.78, 5) is 15.5. The van der Waals surface area contributed by atoms with Gasteiger partial charge in [0, 0.05) is 0 Å². The third-order valence-corrected chi connectivity index (χ3v) is 3.40. The largest absolute Gasteiger partial charge is 0.395 e. The van der Waals surface area contributed by atoms with Gasteiger partial charge in [-0.1, -0.05) is 12.1 Å². The van der Waals surface area contributed by atoms with Gasteiger partial charge < -0.3 is 10.7 Å². The summed E-state index contributed by atoms with van der Waals surface area (Å²) in [5, 5.41) is 1.48. The first kappa shape index (κ1) is 11.3. The smallest absolute Gasteiger partial charge is 0.223 e. The van der Waals surface area contributed by atoms with Crippen LogP contribution in [-0.4, -0.2) is 19.9 Å². The van der Waals surface area contributed by atoms with Crippen LogP contribution in [0.2, 0.25) is 5.28 Å². The number of nitrogens with two attached hydrogens (primary N) is 1. The Bertz CT molecular complexity index is 678. The van der Waals surface area contributed by atoms with Crippen LogP contribution >= 0.6 is 23.4 Å². The van der Waals surface area contributed by atoms with Gasteiger partial charge in [0.25, 0.3) is 0 Å². The SMILES string of the molecule is Nc1cnc(Cl)nc1Sc1nc2ccccc2[nH]1. The van der Waals surface area contributed by atoms with Crippen LogP contribution in [0.3, 0.4) is 0 Å². The highest BCUT2D eigenvalue weighted by Gasteiger charge is 2.09. The molecule has 1 aromatic carbocycles. The van der Waals surface area contributed by atoms with E-state index in [1.165, 1.54) is 18.0 Å². The second-order valence-corrected chi connectivity index (χ2v) is 4.88. The number of para-hydroxylation sites is 2. The van der Waals surface area contributed by atoms with Gasteiger partial charge in [-0.15, -0.1) is 0 Å². The summed E-state index contributed by atoms with van der Waals surface area (Å²) in [6, 6.07) is 7.79. The van der Waals surface area contributed by atoms with Crippen molar-refractivity contribution in [2.75, 3.05) is 5.73 Å². The van der Waals surface area contributed by atoms with Gasteiger partial charge in [0.1, 0.15) is 5.03 Å². The predicted octanol–water partition coefficient (Wildman–Crippen LogP) is 2.74.